The Hall–Kier alpha value is -1.89. The van der Waals surface area contributed by atoms with Crippen molar-refractivity contribution in [3.8, 4) is 0 Å². The van der Waals surface area contributed by atoms with Crippen LogP contribution in [0.15, 0.2) is 24.3 Å². The van der Waals surface area contributed by atoms with E-state index < -0.39 is 27.5 Å². The van der Waals surface area contributed by atoms with E-state index in [9.17, 15) is 18.0 Å². The molecule has 6 nitrogen and oxygen atoms in total. The van der Waals surface area contributed by atoms with Crippen LogP contribution in [-0.4, -0.2) is 37.7 Å². The van der Waals surface area contributed by atoms with Gasteiger partial charge in [0.2, 0.25) is 5.91 Å². The Morgan fingerprint density at radius 1 is 1.29 bits per heavy atom. The second kappa shape index (κ2) is 7.78. The summed E-state index contributed by atoms with van der Waals surface area (Å²) in [7, 11) is -3.62. The van der Waals surface area contributed by atoms with Crippen molar-refractivity contribution in [3.05, 3.63) is 35.4 Å². The average molecular weight is 313 g/mol. The minimum Gasteiger partial charge on any atom is -0.478 e. The Kier molecular flexibility index (Phi) is 6.36. The van der Waals surface area contributed by atoms with E-state index in [-0.39, 0.29) is 11.3 Å². The first-order valence-corrected chi connectivity index (χ1v) is 8.45. The summed E-state index contributed by atoms with van der Waals surface area (Å²) in [5.41, 5.74) is 0.381. The molecule has 21 heavy (non-hydrogen) atoms. The normalized spacial score (nSPS) is 11.1. The van der Waals surface area contributed by atoms with E-state index in [1.54, 1.807) is 0 Å². The van der Waals surface area contributed by atoms with E-state index in [1.807, 2.05) is 6.92 Å². The lowest BCUT2D eigenvalue weighted by atomic mass is 10.1. The first kappa shape index (κ1) is 17.2. The highest BCUT2D eigenvalue weighted by Crippen LogP contribution is 2.10. The maximum absolute atomic E-state index is 11.9. The molecule has 0 saturated heterocycles. The van der Waals surface area contributed by atoms with Crippen LogP contribution in [0.25, 0.3) is 0 Å². The molecule has 116 valence electrons. The average Bonchev–Trinajstić information content (AvgIpc) is 2.38. The molecule has 0 aliphatic carbocycles. The van der Waals surface area contributed by atoms with Crippen molar-refractivity contribution in [2.75, 3.05) is 12.3 Å². The summed E-state index contributed by atoms with van der Waals surface area (Å²) in [5, 5.41) is 11.4. The van der Waals surface area contributed by atoms with Gasteiger partial charge in [0, 0.05) is 6.54 Å². The second-order valence-corrected chi connectivity index (χ2v) is 6.81. The molecule has 7 heteroatoms. The molecule has 2 N–H and O–H groups in total. The summed E-state index contributed by atoms with van der Waals surface area (Å²) in [6.45, 7) is 2.43. The number of benzene rings is 1. The number of carboxylic acid groups (broad SMARTS) is 1. The van der Waals surface area contributed by atoms with E-state index in [1.165, 1.54) is 24.3 Å². The summed E-state index contributed by atoms with van der Waals surface area (Å²) in [5.74, 6) is -2.59. The predicted octanol–water partition coefficient (Wildman–Crippen LogP) is 1.22. The number of nitrogens with one attached hydrogen (secondary N) is 1. The quantitative estimate of drug-likeness (QED) is 0.703. The standard InChI is InChI=1S/C14H19NO5S/c1-2-3-7-15-13(16)10-21(19,20)9-11-5-4-6-12(8-11)14(17)18/h4-6,8H,2-3,7,9-10H2,1H3,(H,15,16)(H,17,18). The number of rotatable bonds is 8. The number of hydrogen-bond donors (Lipinski definition) is 2. The Bertz CT molecular complexity index is 610. The molecule has 0 aromatic heterocycles. The molecule has 0 saturated carbocycles. The van der Waals surface area contributed by atoms with Crippen LogP contribution in [0.2, 0.25) is 0 Å². The smallest absolute Gasteiger partial charge is 0.335 e. The topological polar surface area (TPSA) is 101 Å². The highest BCUT2D eigenvalue weighted by molar-refractivity contribution is 7.91. The van der Waals surface area contributed by atoms with Gasteiger partial charge in [0.1, 0.15) is 5.75 Å². The van der Waals surface area contributed by atoms with E-state index in [0.717, 1.165) is 12.8 Å². The first-order valence-electron chi connectivity index (χ1n) is 6.63. The number of amides is 1. The summed E-state index contributed by atoms with van der Waals surface area (Å²) >= 11 is 0. The van der Waals surface area contributed by atoms with Crippen molar-refractivity contribution in [2.45, 2.75) is 25.5 Å². The molecule has 0 aliphatic rings. The van der Waals surface area contributed by atoms with Crippen molar-refractivity contribution in [1.29, 1.82) is 0 Å². The molecule has 1 aromatic carbocycles. The third-order valence-electron chi connectivity index (χ3n) is 2.76. The Balaban J connectivity index is 2.66. The van der Waals surface area contributed by atoms with Gasteiger partial charge in [-0.2, -0.15) is 0 Å². The van der Waals surface area contributed by atoms with E-state index in [0.29, 0.717) is 12.1 Å². The molecular formula is C14H19NO5S. The van der Waals surface area contributed by atoms with Crippen molar-refractivity contribution in [1.82, 2.24) is 5.32 Å². The molecule has 0 atom stereocenters. The number of carboxylic acids is 1. The van der Waals surface area contributed by atoms with Gasteiger partial charge in [0.25, 0.3) is 0 Å². The monoisotopic (exact) mass is 313 g/mol. The minimum absolute atomic E-state index is 0.0232. The molecular weight excluding hydrogens is 294 g/mol. The zero-order valence-corrected chi connectivity index (χ0v) is 12.6. The highest BCUT2D eigenvalue weighted by Gasteiger charge is 2.17. The summed E-state index contributed by atoms with van der Waals surface area (Å²) in [4.78, 5) is 22.3. The molecule has 1 amide bonds. The molecule has 0 fully saturated rings. The zero-order chi connectivity index (χ0) is 15.9. The van der Waals surface area contributed by atoms with Crippen LogP contribution in [-0.2, 0) is 20.4 Å². The first-order chi connectivity index (χ1) is 9.84. The van der Waals surface area contributed by atoms with Gasteiger partial charge in [0.05, 0.1) is 11.3 Å². The molecule has 0 unspecified atom stereocenters. The molecule has 0 aliphatic heterocycles. The van der Waals surface area contributed by atoms with Crippen LogP contribution < -0.4 is 5.32 Å². The fraction of sp³-hybridized carbons (Fsp3) is 0.429. The maximum Gasteiger partial charge on any atom is 0.335 e. The van der Waals surface area contributed by atoms with Gasteiger partial charge in [-0.25, -0.2) is 13.2 Å². The third-order valence-corrected chi connectivity index (χ3v) is 4.24. The van der Waals surface area contributed by atoms with Crippen LogP contribution in [0.1, 0.15) is 35.7 Å². The molecule has 1 rings (SSSR count). The van der Waals surface area contributed by atoms with Crippen LogP contribution in [0.4, 0.5) is 0 Å². The molecule has 0 bridgehead atoms. The summed E-state index contributed by atoms with van der Waals surface area (Å²) in [6.07, 6.45) is 1.71. The largest absolute Gasteiger partial charge is 0.478 e. The maximum atomic E-state index is 11.9. The van der Waals surface area contributed by atoms with Crippen LogP contribution in [0.5, 0.6) is 0 Å². The van der Waals surface area contributed by atoms with Gasteiger partial charge in [-0.3, -0.25) is 4.79 Å². The van der Waals surface area contributed by atoms with Crippen LogP contribution in [0.3, 0.4) is 0 Å². The predicted molar refractivity (Wildman–Crippen MR) is 78.8 cm³/mol. The van der Waals surface area contributed by atoms with Crippen molar-refractivity contribution in [3.63, 3.8) is 0 Å². The molecule has 1 aromatic rings. The Morgan fingerprint density at radius 3 is 2.62 bits per heavy atom. The van der Waals surface area contributed by atoms with E-state index in [2.05, 4.69) is 5.32 Å². The lowest BCUT2D eigenvalue weighted by Crippen LogP contribution is -2.31. The van der Waals surface area contributed by atoms with Gasteiger partial charge >= 0.3 is 5.97 Å². The van der Waals surface area contributed by atoms with E-state index >= 15 is 0 Å². The van der Waals surface area contributed by atoms with Crippen LogP contribution >= 0.6 is 0 Å². The molecule has 0 radical (unpaired) electrons. The summed E-state index contributed by atoms with van der Waals surface area (Å²) in [6, 6.07) is 5.69. The van der Waals surface area contributed by atoms with Gasteiger partial charge in [-0.1, -0.05) is 25.5 Å². The van der Waals surface area contributed by atoms with Gasteiger partial charge in [-0.05, 0) is 24.1 Å². The van der Waals surface area contributed by atoms with Crippen molar-refractivity contribution >= 4 is 21.7 Å². The van der Waals surface area contributed by atoms with Gasteiger partial charge < -0.3 is 10.4 Å². The lowest BCUT2D eigenvalue weighted by Gasteiger charge is -2.06. The number of aromatic carboxylic acids is 1. The number of unbranched alkanes of at least 4 members (excludes halogenated alkanes) is 1. The van der Waals surface area contributed by atoms with Crippen LogP contribution in [0, 0.1) is 0 Å². The van der Waals surface area contributed by atoms with Crippen molar-refractivity contribution in [2.24, 2.45) is 0 Å². The Labute approximate surface area is 124 Å². The minimum atomic E-state index is -3.62. The molecule has 0 heterocycles. The molecule has 0 spiro atoms. The number of carbonyl (C=O) groups is 2. The number of sulfone groups is 1. The van der Waals surface area contributed by atoms with E-state index in [4.69, 9.17) is 5.11 Å². The number of carbonyl (C=O) groups excluding carboxylic acids is 1. The highest BCUT2D eigenvalue weighted by atomic mass is 32.2. The lowest BCUT2D eigenvalue weighted by molar-refractivity contribution is -0.118. The number of hydrogen-bond acceptors (Lipinski definition) is 4. The zero-order valence-electron chi connectivity index (χ0n) is 11.8. The second-order valence-electron chi connectivity index (χ2n) is 4.74. The SMILES string of the molecule is CCCCNC(=O)CS(=O)(=O)Cc1cccc(C(=O)O)c1. The fourth-order valence-corrected chi connectivity index (χ4v) is 3.05. The Morgan fingerprint density at radius 2 is 2.00 bits per heavy atom. The fourth-order valence-electron chi connectivity index (χ4n) is 1.75. The van der Waals surface area contributed by atoms with Crippen molar-refractivity contribution < 1.29 is 23.1 Å². The van der Waals surface area contributed by atoms with Gasteiger partial charge in [-0.15, -0.1) is 0 Å². The summed E-state index contributed by atoms with van der Waals surface area (Å²) < 4.78 is 23.8. The third kappa shape index (κ3) is 6.40. The van der Waals surface area contributed by atoms with Gasteiger partial charge in [0.15, 0.2) is 9.84 Å².